The van der Waals surface area contributed by atoms with E-state index in [4.69, 9.17) is 4.74 Å². The second-order valence-corrected chi connectivity index (χ2v) is 5.69. The summed E-state index contributed by atoms with van der Waals surface area (Å²) in [5, 5.41) is 0. The van der Waals surface area contributed by atoms with Crippen LogP contribution in [0.1, 0.15) is 17.3 Å². The number of nitrogens with zero attached hydrogens (tertiary/aromatic N) is 1. The number of methoxy groups -OCH3 is 1. The van der Waals surface area contributed by atoms with E-state index in [-0.39, 0.29) is 5.75 Å². The Balaban J connectivity index is 2.97. The van der Waals surface area contributed by atoms with Crippen molar-refractivity contribution >= 4 is 15.9 Å². The zero-order valence-corrected chi connectivity index (χ0v) is 10.8. The van der Waals surface area contributed by atoms with Crippen molar-refractivity contribution in [3.05, 3.63) is 29.8 Å². The van der Waals surface area contributed by atoms with Gasteiger partial charge in [0.15, 0.2) is 0 Å². The van der Waals surface area contributed by atoms with Crippen LogP contribution in [0.3, 0.4) is 0 Å². The molecule has 5 nitrogen and oxygen atoms in total. The fourth-order valence-corrected chi connectivity index (χ4v) is 1.98. The van der Waals surface area contributed by atoms with E-state index in [1.807, 2.05) is 0 Å². The first-order valence-corrected chi connectivity index (χ1v) is 6.68. The van der Waals surface area contributed by atoms with Crippen molar-refractivity contribution in [2.24, 2.45) is 0 Å². The Morgan fingerprint density at radius 3 is 2.24 bits per heavy atom. The molecule has 1 rings (SSSR count). The molecule has 0 aliphatic rings. The number of carbonyl (C=O) groups is 1. The van der Waals surface area contributed by atoms with Crippen LogP contribution in [0.15, 0.2) is 24.3 Å². The predicted octanol–water partition coefficient (Wildman–Crippen LogP) is 1.12. The van der Waals surface area contributed by atoms with Gasteiger partial charge in [-0.2, -0.15) is 0 Å². The Morgan fingerprint density at radius 2 is 1.82 bits per heavy atom. The second-order valence-electron chi connectivity index (χ2n) is 3.40. The van der Waals surface area contributed by atoms with Crippen LogP contribution in [0, 0.1) is 0 Å². The molecule has 0 spiro atoms. The smallest absolute Gasteiger partial charge is 0.267 e. The first-order chi connectivity index (χ1) is 7.92. The Bertz CT molecular complexity index is 493. The van der Waals surface area contributed by atoms with Gasteiger partial charge in [0.1, 0.15) is 5.75 Å². The van der Waals surface area contributed by atoms with Gasteiger partial charge in [0, 0.05) is 12.6 Å². The molecule has 0 aliphatic heterocycles. The molecule has 0 saturated carbocycles. The molecule has 0 N–H and O–H groups in total. The molecule has 0 saturated heterocycles. The molecule has 0 aliphatic carbocycles. The Kier molecular flexibility index (Phi) is 4.11. The lowest BCUT2D eigenvalue weighted by Crippen LogP contribution is -2.34. The second kappa shape index (κ2) is 5.18. The molecular formula is C11H15NO4S. The normalized spacial score (nSPS) is 11.0. The Labute approximate surface area is 101 Å². The fourth-order valence-electron chi connectivity index (χ4n) is 1.24. The molecule has 0 unspecified atom stereocenters. The highest BCUT2D eigenvalue weighted by atomic mass is 32.2. The Hall–Kier alpha value is -1.56. The fraction of sp³-hybridized carbons (Fsp3) is 0.364. The minimum atomic E-state index is -3.51. The quantitative estimate of drug-likeness (QED) is 0.810. The van der Waals surface area contributed by atoms with Crippen LogP contribution in [0.2, 0.25) is 0 Å². The maximum Gasteiger partial charge on any atom is 0.267 e. The zero-order valence-electron chi connectivity index (χ0n) is 10.0. The maximum atomic E-state index is 11.9. The number of rotatable bonds is 4. The van der Waals surface area contributed by atoms with Gasteiger partial charge in [-0.3, -0.25) is 4.79 Å². The Morgan fingerprint density at radius 1 is 1.29 bits per heavy atom. The number of benzene rings is 1. The van der Waals surface area contributed by atoms with Gasteiger partial charge in [0.05, 0.1) is 12.9 Å². The van der Waals surface area contributed by atoms with Gasteiger partial charge in [0.25, 0.3) is 5.91 Å². The summed E-state index contributed by atoms with van der Waals surface area (Å²) in [6.45, 7) is 1.49. The van der Waals surface area contributed by atoms with Gasteiger partial charge >= 0.3 is 0 Å². The van der Waals surface area contributed by atoms with Crippen LogP contribution >= 0.6 is 0 Å². The minimum Gasteiger partial charge on any atom is -0.497 e. The molecule has 0 bridgehead atoms. The van der Waals surface area contributed by atoms with E-state index >= 15 is 0 Å². The topological polar surface area (TPSA) is 63.7 Å². The van der Waals surface area contributed by atoms with E-state index in [2.05, 4.69) is 0 Å². The zero-order chi connectivity index (χ0) is 13.1. The van der Waals surface area contributed by atoms with Gasteiger partial charge in [0.2, 0.25) is 10.0 Å². The van der Waals surface area contributed by atoms with Crippen LogP contribution in [0.25, 0.3) is 0 Å². The van der Waals surface area contributed by atoms with Crippen molar-refractivity contribution in [2.45, 2.75) is 6.92 Å². The highest BCUT2D eigenvalue weighted by molar-refractivity contribution is 7.89. The molecule has 0 aromatic heterocycles. The summed E-state index contributed by atoms with van der Waals surface area (Å²) < 4.78 is 28.7. The SMILES string of the molecule is CCS(=O)(=O)N(C)C(=O)c1ccc(OC)cc1. The standard InChI is InChI=1S/C11H15NO4S/c1-4-17(14,15)12(2)11(13)9-5-7-10(16-3)8-6-9/h5-8H,4H2,1-3H3. The average molecular weight is 257 g/mol. The third kappa shape index (κ3) is 2.97. The molecule has 0 fully saturated rings. The predicted molar refractivity (Wildman–Crippen MR) is 64.5 cm³/mol. The van der Waals surface area contributed by atoms with Gasteiger partial charge < -0.3 is 4.74 Å². The summed E-state index contributed by atoms with van der Waals surface area (Å²) in [4.78, 5) is 11.9. The molecule has 17 heavy (non-hydrogen) atoms. The first kappa shape index (κ1) is 13.5. The lowest BCUT2D eigenvalue weighted by molar-refractivity contribution is 0.0883. The number of carbonyl (C=O) groups excluding carboxylic acids is 1. The highest BCUT2D eigenvalue weighted by Crippen LogP contribution is 2.14. The van der Waals surface area contributed by atoms with Crippen molar-refractivity contribution in [2.75, 3.05) is 19.9 Å². The van der Waals surface area contributed by atoms with E-state index in [0.29, 0.717) is 11.3 Å². The number of amides is 1. The third-order valence-corrected chi connectivity index (χ3v) is 4.13. The molecule has 0 radical (unpaired) electrons. The first-order valence-electron chi connectivity index (χ1n) is 5.07. The van der Waals surface area contributed by atoms with E-state index in [1.54, 1.807) is 12.1 Å². The average Bonchev–Trinajstić information content (AvgIpc) is 2.37. The molecule has 94 valence electrons. The van der Waals surface area contributed by atoms with Crippen molar-refractivity contribution in [1.29, 1.82) is 0 Å². The summed E-state index contributed by atoms with van der Waals surface area (Å²) in [7, 11) is -0.735. The van der Waals surface area contributed by atoms with Crippen LogP contribution in [0.5, 0.6) is 5.75 Å². The lowest BCUT2D eigenvalue weighted by atomic mass is 10.2. The number of sulfonamides is 1. The number of ether oxygens (including phenoxy) is 1. The summed E-state index contributed by atoms with van der Waals surface area (Å²) in [5.74, 6) is -0.0390. The van der Waals surface area contributed by atoms with Gasteiger partial charge in [-0.05, 0) is 31.2 Å². The summed E-state index contributed by atoms with van der Waals surface area (Å²) in [6.07, 6.45) is 0. The largest absolute Gasteiger partial charge is 0.497 e. The van der Waals surface area contributed by atoms with Crippen molar-refractivity contribution in [3.8, 4) is 5.75 Å². The van der Waals surface area contributed by atoms with E-state index < -0.39 is 15.9 Å². The molecule has 1 aromatic rings. The maximum absolute atomic E-state index is 11.9. The van der Waals surface area contributed by atoms with Gasteiger partial charge in [-0.15, -0.1) is 0 Å². The summed E-state index contributed by atoms with van der Waals surface area (Å²) >= 11 is 0. The van der Waals surface area contributed by atoms with Crippen LogP contribution in [0.4, 0.5) is 0 Å². The van der Waals surface area contributed by atoms with E-state index in [1.165, 1.54) is 33.2 Å². The highest BCUT2D eigenvalue weighted by Gasteiger charge is 2.22. The van der Waals surface area contributed by atoms with Crippen molar-refractivity contribution < 1.29 is 17.9 Å². The minimum absolute atomic E-state index is 0.106. The molecule has 0 atom stereocenters. The van der Waals surface area contributed by atoms with E-state index in [9.17, 15) is 13.2 Å². The lowest BCUT2D eigenvalue weighted by Gasteiger charge is -2.16. The third-order valence-electron chi connectivity index (χ3n) is 2.41. The summed E-state index contributed by atoms with van der Waals surface area (Å²) in [5.41, 5.74) is 0.310. The van der Waals surface area contributed by atoms with Crippen molar-refractivity contribution in [3.63, 3.8) is 0 Å². The molecule has 0 heterocycles. The molecule has 6 heteroatoms. The van der Waals surface area contributed by atoms with Gasteiger partial charge in [-0.1, -0.05) is 0 Å². The van der Waals surface area contributed by atoms with Crippen LogP contribution < -0.4 is 4.74 Å². The van der Waals surface area contributed by atoms with Crippen LogP contribution in [-0.2, 0) is 10.0 Å². The molecule has 1 aromatic carbocycles. The molecular weight excluding hydrogens is 242 g/mol. The van der Waals surface area contributed by atoms with E-state index in [0.717, 1.165) is 4.31 Å². The monoisotopic (exact) mass is 257 g/mol. The van der Waals surface area contributed by atoms with Crippen LogP contribution in [-0.4, -0.2) is 38.5 Å². The summed E-state index contributed by atoms with van der Waals surface area (Å²) in [6, 6.07) is 6.28. The van der Waals surface area contributed by atoms with Crippen molar-refractivity contribution in [1.82, 2.24) is 4.31 Å². The molecule has 1 amide bonds. The van der Waals surface area contributed by atoms with Gasteiger partial charge in [-0.25, -0.2) is 12.7 Å². The number of hydrogen-bond donors (Lipinski definition) is 0. The number of hydrogen-bond acceptors (Lipinski definition) is 4.